The number of benzene rings is 2. The molecule has 2 rings (SSSR count). The third-order valence-corrected chi connectivity index (χ3v) is 3.39. The van der Waals surface area contributed by atoms with E-state index in [0.29, 0.717) is 13.1 Å². The monoisotopic (exact) mass is 342 g/mol. The normalized spacial score (nSPS) is 11.6. The number of aliphatic hydroxyl groups excluding tert-OH is 1. The van der Waals surface area contributed by atoms with Crippen molar-refractivity contribution in [2.45, 2.75) is 25.6 Å². The first kappa shape index (κ1) is 18.6. The van der Waals surface area contributed by atoms with Crippen LogP contribution in [0.4, 0.5) is 0 Å². The Morgan fingerprint density at radius 2 is 1.28 bits per heavy atom. The lowest BCUT2D eigenvalue weighted by Gasteiger charge is -2.13. The van der Waals surface area contributed by atoms with Gasteiger partial charge in [-0.25, -0.2) is 10.9 Å². The van der Waals surface area contributed by atoms with Gasteiger partial charge in [0.1, 0.15) is 6.10 Å². The number of hydrogen-bond acceptors (Lipinski definition) is 5. The van der Waals surface area contributed by atoms with Gasteiger partial charge in [-0.2, -0.15) is 0 Å². The van der Waals surface area contributed by atoms with E-state index in [-0.39, 0.29) is 6.42 Å². The number of nitrogens with one attached hydrogen (secondary N) is 4. The van der Waals surface area contributed by atoms with E-state index in [0.717, 1.165) is 11.1 Å². The quantitative estimate of drug-likeness (QED) is 0.424. The number of aliphatic hydroxyl groups is 1. The van der Waals surface area contributed by atoms with E-state index in [1.807, 2.05) is 60.7 Å². The van der Waals surface area contributed by atoms with Crippen LogP contribution in [0.15, 0.2) is 60.7 Å². The molecule has 5 N–H and O–H groups in total. The van der Waals surface area contributed by atoms with E-state index in [4.69, 9.17) is 0 Å². The van der Waals surface area contributed by atoms with Gasteiger partial charge in [-0.1, -0.05) is 60.7 Å². The van der Waals surface area contributed by atoms with Crippen LogP contribution in [0.25, 0.3) is 0 Å². The van der Waals surface area contributed by atoms with Gasteiger partial charge in [-0.05, 0) is 11.1 Å². The number of carbonyl (C=O) groups excluding carboxylic acids is 2. The average molecular weight is 342 g/mol. The Hall–Kier alpha value is -2.74. The maximum atomic E-state index is 11.7. The maximum absolute atomic E-state index is 11.7. The third-order valence-electron chi connectivity index (χ3n) is 3.39. The van der Waals surface area contributed by atoms with Crippen molar-refractivity contribution in [1.29, 1.82) is 0 Å². The molecule has 0 bridgehead atoms. The second-order valence-corrected chi connectivity index (χ2v) is 5.44. The van der Waals surface area contributed by atoms with E-state index >= 15 is 0 Å². The molecule has 0 saturated carbocycles. The molecule has 25 heavy (non-hydrogen) atoms. The van der Waals surface area contributed by atoms with Crippen LogP contribution in [0.3, 0.4) is 0 Å². The van der Waals surface area contributed by atoms with Crippen molar-refractivity contribution >= 4 is 11.8 Å². The molecule has 1 unspecified atom stereocenters. The van der Waals surface area contributed by atoms with Crippen LogP contribution >= 0.6 is 0 Å². The average Bonchev–Trinajstić information content (AvgIpc) is 2.63. The number of hydrazine groups is 2. The predicted octanol–water partition coefficient (Wildman–Crippen LogP) is 0.379. The van der Waals surface area contributed by atoms with Crippen LogP contribution in [-0.2, 0) is 22.7 Å². The summed E-state index contributed by atoms with van der Waals surface area (Å²) in [4.78, 5) is 23.4. The molecule has 0 heterocycles. The number of rotatable bonds is 9. The highest BCUT2D eigenvalue weighted by Crippen LogP contribution is 1.98. The zero-order valence-corrected chi connectivity index (χ0v) is 13.7. The molecular formula is C18H22N4O3. The largest absolute Gasteiger partial charge is 0.383 e. The van der Waals surface area contributed by atoms with Crippen LogP contribution < -0.4 is 21.7 Å². The first-order chi connectivity index (χ1) is 12.1. The van der Waals surface area contributed by atoms with Crippen LogP contribution in [0.1, 0.15) is 17.5 Å². The second-order valence-electron chi connectivity index (χ2n) is 5.44. The van der Waals surface area contributed by atoms with Gasteiger partial charge in [0.25, 0.3) is 5.91 Å². The molecule has 0 fully saturated rings. The summed E-state index contributed by atoms with van der Waals surface area (Å²) in [5.41, 5.74) is 12.3. The molecule has 0 radical (unpaired) electrons. The Bertz CT molecular complexity index is 665. The second kappa shape index (κ2) is 10.2. The minimum Gasteiger partial charge on any atom is -0.383 e. The molecular weight excluding hydrogens is 320 g/mol. The highest BCUT2D eigenvalue weighted by molar-refractivity contribution is 5.86. The minimum absolute atomic E-state index is 0.333. The summed E-state index contributed by atoms with van der Waals surface area (Å²) >= 11 is 0. The fourth-order valence-electron chi connectivity index (χ4n) is 2.07. The SMILES string of the molecule is O=C(CC(O)C(=O)NNCc1ccccc1)NNCc1ccccc1. The van der Waals surface area contributed by atoms with Gasteiger partial charge in [0.15, 0.2) is 0 Å². The smallest absolute Gasteiger partial charge is 0.263 e. The molecule has 0 saturated heterocycles. The van der Waals surface area contributed by atoms with Gasteiger partial charge in [0.05, 0.1) is 6.42 Å². The van der Waals surface area contributed by atoms with Crippen LogP contribution in [0.5, 0.6) is 0 Å². The Balaban J connectivity index is 1.61. The van der Waals surface area contributed by atoms with Gasteiger partial charge in [-0.15, -0.1) is 0 Å². The number of hydrogen-bond donors (Lipinski definition) is 5. The van der Waals surface area contributed by atoms with Crippen molar-refractivity contribution in [3.63, 3.8) is 0 Å². The third kappa shape index (κ3) is 7.13. The molecule has 132 valence electrons. The first-order valence-electron chi connectivity index (χ1n) is 7.95. The Morgan fingerprint density at radius 1 is 0.800 bits per heavy atom. The van der Waals surface area contributed by atoms with E-state index in [2.05, 4.69) is 21.7 Å². The van der Waals surface area contributed by atoms with Crippen LogP contribution in [0, 0.1) is 0 Å². The lowest BCUT2D eigenvalue weighted by Crippen LogP contribution is -2.46. The lowest BCUT2D eigenvalue weighted by atomic mass is 10.2. The van der Waals surface area contributed by atoms with Crippen LogP contribution in [-0.4, -0.2) is 23.0 Å². The predicted molar refractivity (Wildman–Crippen MR) is 93.5 cm³/mol. The number of amides is 2. The fraction of sp³-hybridized carbons (Fsp3) is 0.222. The number of carbonyl (C=O) groups is 2. The summed E-state index contributed by atoms with van der Waals surface area (Å²) in [5, 5.41) is 9.76. The van der Waals surface area contributed by atoms with Gasteiger partial charge >= 0.3 is 0 Å². The zero-order valence-electron chi connectivity index (χ0n) is 13.7. The molecule has 0 aromatic heterocycles. The van der Waals surface area contributed by atoms with Crippen molar-refractivity contribution in [3.8, 4) is 0 Å². The summed E-state index contributed by atoms with van der Waals surface area (Å²) in [5.74, 6) is -1.13. The minimum atomic E-state index is -1.43. The fourth-order valence-corrected chi connectivity index (χ4v) is 2.07. The molecule has 7 heteroatoms. The molecule has 0 spiro atoms. The lowest BCUT2D eigenvalue weighted by molar-refractivity contribution is -0.135. The molecule has 2 aromatic rings. The molecule has 2 amide bonds. The van der Waals surface area contributed by atoms with Crippen molar-refractivity contribution in [2.75, 3.05) is 0 Å². The van der Waals surface area contributed by atoms with Gasteiger partial charge in [0.2, 0.25) is 5.91 Å². The summed E-state index contributed by atoms with van der Waals surface area (Å²) < 4.78 is 0. The summed E-state index contributed by atoms with van der Waals surface area (Å²) in [6, 6.07) is 19.0. The Morgan fingerprint density at radius 3 is 1.80 bits per heavy atom. The Labute approximate surface area is 146 Å². The topological polar surface area (TPSA) is 102 Å². The zero-order chi connectivity index (χ0) is 17.9. The van der Waals surface area contributed by atoms with Crippen molar-refractivity contribution in [2.24, 2.45) is 0 Å². The van der Waals surface area contributed by atoms with Gasteiger partial charge < -0.3 is 5.11 Å². The summed E-state index contributed by atoms with van der Waals surface area (Å²) in [6.07, 6.45) is -1.76. The molecule has 0 aliphatic carbocycles. The van der Waals surface area contributed by atoms with E-state index in [1.165, 1.54) is 0 Å². The Kier molecular flexibility index (Phi) is 7.58. The van der Waals surface area contributed by atoms with E-state index in [9.17, 15) is 14.7 Å². The van der Waals surface area contributed by atoms with Crippen molar-refractivity contribution in [3.05, 3.63) is 71.8 Å². The first-order valence-corrected chi connectivity index (χ1v) is 7.95. The van der Waals surface area contributed by atoms with E-state index < -0.39 is 17.9 Å². The highest BCUT2D eigenvalue weighted by atomic mass is 16.3. The standard InChI is InChI=1S/C18H22N4O3/c23-16(18(25)22-20-13-15-9-5-2-6-10-15)11-17(24)21-19-12-14-7-3-1-4-8-14/h1-10,16,19-20,23H,11-13H2,(H,21,24)(H,22,25). The molecule has 7 nitrogen and oxygen atoms in total. The molecule has 0 aliphatic heterocycles. The van der Waals surface area contributed by atoms with Crippen molar-refractivity contribution in [1.82, 2.24) is 21.7 Å². The molecule has 0 aliphatic rings. The van der Waals surface area contributed by atoms with Crippen molar-refractivity contribution < 1.29 is 14.7 Å². The maximum Gasteiger partial charge on any atom is 0.263 e. The van der Waals surface area contributed by atoms with Crippen LogP contribution in [0.2, 0.25) is 0 Å². The highest BCUT2D eigenvalue weighted by Gasteiger charge is 2.18. The molecule has 2 aromatic carbocycles. The van der Waals surface area contributed by atoms with Gasteiger partial charge in [0, 0.05) is 13.1 Å². The van der Waals surface area contributed by atoms with E-state index in [1.54, 1.807) is 0 Å². The van der Waals surface area contributed by atoms with Gasteiger partial charge in [-0.3, -0.25) is 20.4 Å². The summed E-state index contributed by atoms with van der Waals surface area (Å²) in [7, 11) is 0. The molecule has 1 atom stereocenters. The summed E-state index contributed by atoms with van der Waals surface area (Å²) in [6.45, 7) is 0.873.